The van der Waals surface area contributed by atoms with Gasteiger partial charge in [-0.15, -0.1) is 5.06 Å². The first-order valence-electron chi connectivity index (χ1n) is 11.2. The van der Waals surface area contributed by atoms with Gasteiger partial charge in [-0.2, -0.15) is 17.7 Å². The number of anilines is 1. The van der Waals surface area contributed by atoms with Gasteiger partial charge in [0.25, 0.3) is 11.8 Å². The van der Waals surface area contributed by atoms with E-state index in [1.54, 1.807) is 0 Å². The summed E-state index contributed by atoms with van der Waals surface area (Å²) >= 11 is 4.38. The van der Waals surface area contributed by atoms with Crippen molar-refractivity contribution < 1.29 is 28.8 Å². The number of nitrogens with zero attached hydrogens (tertiary/aromatic N) is 3. The Morgan fingerprint density at radius 1 is 1.18 bits per heavy atom. The third-order valence-corrected chi connectivity index (χ3v) is 5.44. The number of imide groups is 1. The Bertz CT molecular complexity index is 988. The zero-order chi connectivity index (χ0) is 24.9. The highest BCUT2D eigenvalue weighted by atomic mass is 32.1. The van der Waals surface area contributed by atoms with Crippen molar-refractivity contribution in [1.29, 1.82) is 0 Å². The van der Waals surface area contributed by atoms with E-state index in [0.29, 0.717) is 23.7 Å². The third-order valence-electron chi connectivity index (χ3n) is 5.28. The van der Waals surface area contributed by atoms with Gasteiger partial charge in [0.15, 0.2) is 0 Å². The minimum atomic E-state index is -0.651. The Balaban J connectivity index is 1.52. The van der Waals surface area contributed by atoms with Crippen molar-refractivity contribution in [1.82, 2.24) is 10.5 Å². The molecule has 2 heterocycles. The SMILES string of the molecule is CN1CC/C(=N\NC(=O)CC(C)(C)S)c2ccc(OCCCC(=O)ON3C(=O)CCC3=O)cc21. The maximum atomic E-state index is 12.1. The predicted molar refractivity (Wildman–Crippen MR) is 129 cm³/mol. The van der Waals surface area contributed by atoms with Crippen LogP contribution in [-0.4, -0.2) is 59.4 Å². The molecular formula is C23H30N4O6S. The van der Waals surface area contributed by atoms with E-state index < -0.39 is 22.5 Å². The Morgan fingerprint density at radius 2 is 1.88 bits per heavy atom. The smallest absolute Gasteiger partial charge is 0.333 e. The van der Waals surface area contributed by atoms with Gasteiger partial charge in [-0.05, 0) is 18.6 Å². The zero-order valence-electron chi connectivity index (χ0n) is 19.6. The number of hydrogen-bond acceptors (Lipinski definition) is 9. The second-order valence-electron chi connectivity index (χ2n) is 8.93. The van der Waals surface area contributed by atoms with Crippen molar-refractivity contribution in [3.8, 4) is 5.75 Å². The highest BCUT2D eigenvalue weighted by Gasteiger charge is 2.32. The lowest BCUT2D eigenvalue weighted by atomic mass is 10.00. The predicted octanol–water partition coefficient (Wildman–Crippen LogP) is 2.21. The fourth-order valence-electron chi connectivity index (χ4n) is 3.58. The minimum absolute atomic E-state index is 0.0154. The molecule has 2 aliphatic rings. The molecule has 3 rings (SSSR count). The summed E-state index contributed by atoms with van der Waals surface area (Å²) in [5, 5.41) is 4.88. The molecule has 184 valence electrons. The van der Waals surface area contributed by atoms with Crippen LogP contribution in [-0.2, 0) is 24.0 Å². The van der Waals surface area contributed by atoms with E-state index >= 15 is 0 Å². The van der Waals surface area contributed by atoms with Crippen LogP contribution in [0, 0.1) is 0 Å². The van der Waals surface area contributed by atoms with Gasteiger partial charge in [0, 0.05) is 61.3 Å². The summed E-state index contributed by atoms with van der Waals surface area (Å²) in [5.74, 6) is -1.21. The van der Waals surface area contributed by atoms with E-state index in [9.17, 15) is 19.2 Å². The van der Waals surface area contributed by atoms with Crippen molar-refractivity contribution in [2.45, 2.75) is 57.1 Å². The van der Waals surface area contributed by atoms with Crippen LogP contribution in [0.4, 0.5) is 5.69 Å². The van der Waals surface area contributed by atoms with Crippen molar-refractivity contribution in [3.05, 3.63) is 23.8 Å². The van der Waals surface area contributed by atoms with E-state index in [-0.39, 0.29) is 38.2 Å². The van der Waals surface area contributed by atoms with E-state index in [2.05, 4.69) is 28.1 Å². The monoisotopic (exact) mass is 490 g/mol. The molecule has 0 spiro atoms. The van der Waals surface area contributed by atoms with Gasteiger partial charge in [-0.3, -0.25) is 14.4 Å². The fraction of sp³-hybridized carbons (Fsp3) is 0.522. The lowest BCUT2D eigenvalue weighted by Crippen LogP contribution is -2.32. The number of ether oxygens (including phenoxy) is 1. The first-order valence-corrected chi connectivity index (χ1v) is 11.6. The second-order valence-corrected chi connectivity index (χ2v) is 10.1. The first kappa shape index (κ1) is 25.5. The van der Waals surface area contributed by atoms with E-state index in [1.165, 1.54) is 0 Å². The number of carbonyl (C=O) groups excluding carboxylic acids is 4. The lowest BCUT2D eigenvalue weighted by molar-refractivity contribution is -0.197. The molecule has 0 bridgehead atoms. The topological polar surface area (TPSA) is 118 Å². The average Bonchev–Trinajstić information content (AvgIpc) is 3.07. The van der Waals surface area contributed by atoms with Gasteiger partial charge in [0.2, 0.25) is 5.91 Å². The van der Waals surface area contributed by atoms with Gasteiger partial charge in [-0.1, -0.05) is 13.8 Å². The van der Waals surface area contributed by atoms with Gasteiger partial charge < -0.3 is 14.5 Å². The third kappa shape index (κ3) is 6.96. The van der Waals surface area contributed by atoms with Crippen molar-refractivity contribution in [2.75, 3.05) is 25.1 Å². The Labute approximate surface area is 204 Å². The quantitative estimate of drug-likeness (QED) is 0.236. The number of nitrogens with one attached hydrogen (secondary N) is 1. The van der Waals surface area contributed by atoms with Gasteiger partial charge in [0.1, 0.15) is 5.75 Å². The normalized spacial score (nSPS) is 17.1. The average molecular weight is 491 g/mol. The second kappa shape index (κ2) is 10.9. The molecule has 3 amide bonds. The molecule has 1 N–H and O–H groups in total. The Kier molecular flexibility index (Phi) is 8.19. The number of fused-ring (bicyclic) bond motifs is 1. The largest absolute Gasteiger partial charge is 0.494 e. The number of carbonyl (C=O) groups is 4. The van der Waals surface area contributed by atoms with Crippen LogP contribution in [0.25, 0.3) is 0 Å². The summed E-state index contributed by atoms with van der Waals surface area (Å²) < 4.78 is 5.36. The van der Waals surface area contributed by atoms with Crippen molar-refractivity contribution in [3.63, 3.8) is 0 Å². The van der Waals surface area contributed by atoms with Crippen LogP contribution >= 0.6 is 12.6 Å². The molecule has 1 aromatic carbocycles. The van der Waals surface area contributed by atoms with E-state index in [1.807, 2.05) is 39.1 Å². The number of thiol groups is 1. The molecule has 0 saturated carbocycles. The van der Waals surface area contributed by atoms with Crippen LogP contribution in [0.1, 0.15) is 57.9 Å². The van der Waals surface area contributed by atoms with Crippen LogP contribution in [0.15, 0.2) is 23.3 Å². The van der Waals surface area contributed by atoms with Crippen LogP contribution < -0.4 is 15.1 Å². The minimum Gasteiger partial charge on any atom is -0.494 e. The Hall–Kier alpha value is -3.08. The number of hydrogen-bond donors (Lipinski definition) is 2. The fourth-order valence-corrected chi connectivity index (χ4v) is 3.72. The first-order chi connectivity index (χ1) is 16.0. The summed E-state index contributed by atoms with van der Waals surface area (Å²) in [6, 6.07) is 5.60. The molecule has 0 aromatic heterocycles. The van der Waals surface area contributed by atoms with E-state index in [4.69, 9.17) is 9.57 Å². The Morgan fingerprint density at radius 3 is 2.56 bits per heavy atom. The number of hydroxylamine groups is 2. The molecule has 0 aliphatic carbocycles. The van der Waals surface area contributed by atoms with Gasteiger partial charge in [0.05, 0.1) is 18.7 Å². The summed E-state index contributed by atoms with van der Waals surface area (Å²) in [5.41, 5.74) is 5.25. The number of rotatable bonds is 9. The maximum absolute atomic E-state index is 12.1. The standard InChI is InChI=1S/C23H30N4O6S/c1-23(2,34)14-19(28)25-24-17-10-11-26(3)18-13-15(6-7-16(17)18)32-12-4-5-22(31)33-27-20(29)8-9-21(27)30/h6-7,13,34H,4-5,8-12,14H2,1-3H3,(H,25,28)/b24-17+. The molecule has 10 nitrogen and oxygen atoms in total. The molecule has 11 heteroatoms. The molecule has 0 radical (unpaired) electrons. The van der Waals surface area contributed by atoms with Crippen LogP contribution in [0.2, 0.25) is 0 Å². The molecule has 34 heavy (non-hydrogen) atoms. The highest BCUT2D eigenvalue weighted by Crippen LogP contribution is 2.30. The summed E-state index contributed by atoms with van der Waals surface area (Å²) in [7, 11) is 1.97. The number of amides is 3. The van der Waals surface area contributed by atoms with Crippen molar-refractivity contribution in [2.24, 2.45) is 5.10 Å². The zero-order valence-corrected chi connectivity index (χ0v) is 20.5. The maximum Gasteiger partial charge on any atom is 0.333 e. The number of benzene rings is 1. The van der Waals surface area contributed by atoms with Crippen LogP contribution in [0.3, 0.4) is 0 Å². The molecule has 0 unspecified atom stereocenters. The number of hydrazone groups is 1. The molecule has 1 saturated heterocycles. The molecule has 1 aromatic rings. The lowest BCUT2D eigenvalue weighted by Gasteiger charge is -2.29. The van der Waals surface area contributed by atoms with E-state index in [0.717, 1.165) is 23.5 Å². The molecule has 1 fully saturated rings. The molecular weight excluding hydrogens is 460 g/mol. The summed E-state index contributed by atoms with van der Waals surface area (Å²) in [6.07, 6.45) is 1.45. The van der Waals surface area contributed by atoms with Crippen molar-refractivity contribution >= 4 is 47.7 Å². The molecule has 2 aliphatic heterocycles. The van der Waals surface area contributed by atoms with Gasteiger partial charge >= 0.3 is 5.97 Å². The highest BCUT2D eigenvalue weighted by molar-refractivity contribution is 7.81. The van der Waals surface area contributed by atoms with Crippen LogP contribution in [0.5, 0.6) is 5.75 Å². The summed E-state index contributed by atoms with van der Waals surface area (Å²) in [4.78, 5) is 53.9. The summed E-state index contributed by atoms with van der Waals surface area (Å²) in [6.45, 7) is 4.74. The van der Waals surface area contributed by atoms with Gasteiger partial charge in [-0.25, -0.2) is 10.2 Å². The molecule has 0 atom stereocenters.